The quantitative estimate of drug-likeness (QED) is 0.670. The van der Waals surface area contributed by atoms with Crippen LogP contribution < -0.4 is 4.90 Å². The fraction of sp³-hybridized carbons (Fsp3) is 0.222. The van der Waals surface area contributed by atoms with E-state index in [0.29, 0.717) is 0 Å². The van der Waals surface area contributed by atoms with Gasteiger partial charge in [-0.1, -0.05) is 0 Å². The second-order valence-electron chi connectivity index (χ2n) is 2.41. The van der Waals surface area contributed by atoms with Crippen molar-refractivity contribution >= 4 is 25.8 Å². The second-order valence-corrected chi connectivity index (χ2v) is 3.65. The van der Waals surface area contributed by atoms with Gasteiger partial charge in [0.15, 0.2) is 0 Å². The second kappa shape index (κ2) is 3.70. The summed E-state index contributed by atoms with van der Waals surface area (Å²) in [5, 5.41) is 0. The van der Waals surface area contributed by atoms with Gasteiger partial charge in [0.05, 0.1) is 0 Å². The van der Waals surface area contributed by atoms with Gasteiger partial charge in [-0.2, -0.15) is 0 Å². The summed E-state index contributed by atoms with van der Waals surface area (Å²) in [6.07, 6.45) is 0. The molecule has 1 rings (SSSR count). The van der Waals surface area contributed by atoms with Crippen molar-refractivity contribution in [2.24, 2.45) is 0 Å². The maximum atomic E-state index is 2.98. The molecule has 0 radical (unpaired) electrons. The molecule has 1 nitrogen and oxygen atoms in total. The Morgan fingerprint density at radius 1 is 1.27 bits per heavy atom. The molecule has 0 amide bonds. The molecule has 11 heavy (non-hydrogen) atoms. The van der Waals surface area contributed by atoms with Crippen molar-refractivity contribution in [2.75, 3.05) is 11.9 Å². The molecule has 0 aliphatic heterocycles. The minimum atomic E-state index is 1.18. The third kappa shape index (κ3) is 2.18. The van der Waals surface area contributed by atoms with E-state index in [2.05, 4.69) is 32.6 Å². The van der Waals surface area contributed by atoms with Crippen LogP contribution in [-0.2, 0) is 0 Å². The first-order chi connectivity index (χ1) is 5.22. The maximum absolute atomic E-state index is 2.98. The van der Waals surface area contributed by atoms with Crippen LogP contribution in [0.1, 0.15) is 6.92 Å². The van der Waals surface area contributed by atoms with Gasteiger partial charge in [0.1, 0.15) is 0 Å². The Hall–Kier alpha value is -0.591. The van der Waals surface area contributed by atoms with E-state index in [1.54, 1.807) is 0 Å². The van der Waals surface area contributed by atoms with E-state index in [4.69, 9.17) is 0 Å². The van der Waals surface area contributed by atoms with Crippen molar-refractivity contribution in [3.63, 3.8) is 0 Å². The van der Waals surface area contributed by atoms with Crippen LogP contribution in [0.25, 0.3) is 0 Å². The zero-order valence-electron chi connectivity index (χ0n) is 6.74. The molecule has 0 atom stereocenters. The van der Waals surface area contributed by atoms with Crippen molar-refractivity contribution in [3.05, 3.63) is 30.3 Å². The molecule has 0 fully saturated rings. The van der Waals surface area contributed by atoms with Crippen LogP contribution in [0.2, 0.25) is 0 Å². The van der Waals surface area contributed by atoms with Crippen molar-refractivity contribution in [2.45, 2.75) is 6.92 Å². The molecule has 1 aromatic rings. The van der Waals surface area contributed by atoms with Gasteiger partial charge in [-0.25, -0.2) is 0 Å². The SMILES string of the molecule is CC(=[Se])N(C)c1ccccc1. The Kier molecular flexibility index (Phi) is 2.86. The Bertz CT molecular complexity index is 243. The average molecular weight is 212 g/mol. The zero-order valence-corrected chi connectivity index (χ0v) is 8.46. The molecule has 0 saturated heterocycles. The fourth-order valence-corrected chi connectivity index (χ4v) is 1.05. The molecule has 58 valence electrons. The molecule has 0 spiro atoms. The van der Waals surface area contributed by atoms with Crippen molar-refractivity contribution in [1.29, 1.82) is 0 Å². The van der Waals surface area contributed by atoms with E-state index in [0.717, 1.165) is 0 Å². The molecular formula is C9H11NSe. The van der Waals surface area contributed by atoms with E-state index in [1.165, 1.54) is 10.2 Å². The third-order valence-electron chi connectivity index (χ3n) is 1.62. The first kappa shape index (κ1) is 8.51. The predicted octanol–water partition coefficient (Wildman–Crippen LogP) is 1.44. The molecule has 0 bridgehead atoms. The number of hydrogen-bond donors (Lipinski definition) is 0. The van der Waals surface area contributed by atoms with Gasteiger partial charge in [0.25, 0.3) is 0 Å². The van der Waals surface area contributed by atoms with E-state index in [1.807, 2.05) is 32.2 Å². The third-order valence-corrected chi connectivity index (χ3v) is 2.19. The number of para-hydroxylation sites is 1. The summed E-state index contributed by atoms with van der Waals surface area (Å²) in [5.74, 6) is 0. The van der Waals surface area contributed by atoms with Gasteiger partial charge in [0.2, 0.25) is 0 Å². The van der Waals surface area contributed by atoms with Crippen LogP contribution in [0, 0.1) is 0 Å². The predicted molar refractivity (Wildman–Crippen MR) is 51.3 cm³/mol. The van der Waals surface area contributed by atoms with Gasteiger partial charge >= 0.3 is 75.0 Å². The Morgan fingerprint density at radius 3 is 2.27 bits per heavy atom. The van der Waals surface area contributed by atoms with E-state index >= 15 is 0 Å². The van der Waals surface area contributed by atoms with Crippen LogP contribution in [0.15, 0.2) is 30.3 Å². The zero-order chi connectivity index (χ0) is 8.27. The molecule has 0 N–H and O–H groups in total. The normalized spacial score (nSPS) is 9.27. The average Bonchev–Trinajstić information content (AvgIpc) is 2.05. The summed E-state index contributed by atoms with van der Waals surface area (Å²) < 4.78 is 1.18. The van der Waals surface area contributed by atoms with Crippen LogP contribution >= 0.6 is 0 Å². The van der Waals surface area contributed by atoms with Crippen LogP contribution in [0.4, 0.5) is 5.69 Å². The monoisotopic (exact) mass is 213 g/mol. The Labute approximate surface area is 75.4 Å². The molecule has 0 aliphatic carbocycles. The fourth-order valence-electron chi connectivity index (χ4n) is 0.833. The minimum absolute atomic E-state index is 1.18. The van der Waals surface area contributed by atoms with Crippen LogP contribution in [-0.4, -0.2) is 27.2 Å². The number of anilines is 1. The molecule has 0 aliphatic rings. The summed E-state index contributed by atoms with van der Waals surface area (Å²) >= 11 is 2.98. The van der Waals surface area contributed by atoms with E-state index in [9.17, 15) is 0 Å². The summed E-state index contributed by atoms with van der Waals surface area (Å²) in [5.41, 5.74) is 1.21. The first-order valence-corrected chi connectivity index (χ1v) is 4.37. The van der Waals surface area contributed by atoms with Gasteiger partial charge in [-0.3, -0.25) is 0 Å². The van der Waals surface area contributed by atoms with Crippen molar-refractivity contribution < 1.29 is 0 Å². The molecule has 2 heteroatoms. The number of hydrogen-bond acceptors (Lipinski definition) is 1. The van der Waals surface area contributed by atoms with Crippen molar-refractivity contribution in [1.82, 2.24) is 0 Å². The van der Waals surface area contributed by atoms with Gasteiger partial charge in [-0.05, 0) is 0 Å². The summed E-state index contributed by atoms with van der Waals surface area (Å²) in [7, 11) is 2.04. The van der Waals surface area contributed by atoms with Crippen LogP contribution in [0.5, 0.6) is 0 Å². The summed E-state index contributed by atoms with van der Waals surface area (Å²) in [6.45, 7) is 2.05. The topological polar surface area (TPSA) is 3.24 Å². The number of rotatable bonds is 2. The van der Waals surface area contributed by atoms with Crippen LogP contribution in [0.3, 0.4) is 0 Å². The molecule has 0 heterocycles. The number of nitrogens with zero attached hydrogens (tertiary/aromatic N) is 1. The van der Waals surface area contributed by atoms with Gasteiger partial charge in [0, 0.05) is 0 Å². The van der Waals surface area contributed by atoms with Crippen molar-refractivity contribution in [3.8, 4) is 0 Å². The molecule has 0 unspecified atom stereocenters. The summed E-state index contributed by atoms with van der Waals surface area (Å²) in [6, 6.07) is 10.3. The van der Waals surface area contributed by atoms with E-state index in [-0.39, 0.29) is 0 Å². The van der Waals surface area contributed by atoms with E-state index < -0.39 is 0 Å². The first-order valence-electron chi connectivity index (χ1n) is 3.51. The Balaban J connectivity index is 2.85. The standard InChI is InChI=1S/C9H11NSe/c1-8(11)10(2)9-6-4-3-5-7-9/h3-7H,1-2H3. The van der Waals surface area contributed by atoms with Gasteiger partial charge in [-0.15, -0.1) is 0 Å². The summed E-state index contributed by atoms with van der Waals surface area (Å²) in [4.78, 5) is 2.11. The molecular weight excluding hydrogens is 201 g/mol. The van der Waals surface area contributed by atoms with Gasteiger partial charge < -0.3 is 0 Å². The Morgan fingerprint density at radius 2 is 1.82 bits per heavy atom. The molecule has 0 aromatic heterocycles. The molecule has 0 saturated carbocycles. The molecule has 1 aromatic carbocycles. The number of benzene rings is 1.